The van der Waals surface area contributed by atoms with E-state index >= 15 is 0 Å². The molecule has 1 amide bonds. The smallest absolute Gasteiger partial charge is 0.255 e. The highest BCUT2D eigenvalue weighted by atomic mass is 32.1. The highest BCUT2D eigenvalue weighted by molar-refractivity contribution is 7.71. The van der Waals surface area contributed by atoms with Crippen molar-refractivity contribution in [3.05, 3.63) is 82.5 Å². The third-order valence-corrected chi connectivity index (χ3v) is 5.60. The summed E-state index contributed by atoms with van der Waals surface area (Å²) in [5, 5.41) is 14.9. The standard InChI is InChI=1S/C24H26N6OS/c1-16(2)30-21(26-27-24(30)32)13-14-25-23(31)20-15-29(18-10-5-4-6-11-18)28-22(20)19-12-8-7-9-17(19)3/h4-12,15-16H,13-14H2,1-3H3,(H,25,31)(H,27,32). The van der Waals surface area contributed by atoms with Gasteiger partial charge in [-0.1, -0.05) is 42.5 Å². The molecule has 2 aromatic carbocycles. The summed E-state index contributed by atoms with van der Waals surface area (Å²) in [4.78, 5) is 13.2. The minimum Gasteiger partial charge on any atom is -0.351 e. The van der Waals surface area contributed by atoms with Crippen LogP contribution in [0.2, 0.25) is 0 Å². The summed E-state index contributed by atoms with van der Waals surface area (Å²) in [7, 11) is 0. The number of rotatable bonds is 7. The Labute approximate surface area is 192 Å². The van der Waals surface area contributed by atoms with Crippen LogP contribution in [0.1, 0.15) is 41.6 Å². The first kappa shape index (κ1) is 21.7. The zero-order valence-corrected chi connectivity index (χ0v) is 19.2. The van der Waals surface area contributed by atoms with E-state index in [2.05, 4.69) is 29.4 Å². The summed E-state index contributed by atoms with van der Waals surface area (Å²) < 4.78 is 4.31. The Morgan fingerprint density at radius 3 is 2.56 bits per heavy atom. The van der Waals surface area contributed by atoms with Crippen LogP contribution >= 0.6 is 12.2 Å². The average Bonchev–Trinajstić information content (AvgIpc) is 3.39. The first-order valence-corrected chi connectivity index (χ1v) is 11.0. The van der Waals surface area contributed by atoms with E-state index in [0.717, 1.165) is 22.6 Å². The van der Waals surface area contributed by atoms with Crippen LogP contribution in [0.5, 0.6) is 0 Å². The van der Waals surface area contributed by atoms with Crippen LogP contribution in [0, 0.1) is 11.7 Å². The Bertz CT molecular complexity index is 1290. The Morgan fingerprint density at radius 2 is 1.84 bits per heavy atom. The number of hydrogen-bond acceptors (Lipinski definition) is 4. The number of aromatic nitrogens is 5. The fourth-order valence-corrected chi connectivity index (χ4v) is 4.08. The lowest BCUT2D eigenvalue weighted by molar-refractivity contribution is 0.0954. The summed E-state index contributed by atoms with van der Waals surface area (Å²) in [6.07, 6.45) is 2.36. The molecule has 7 nitrogen and oxygen atoms in total. The highest BCUT2D eigenvalue weighted by Crippen LogP contribution is 2.26. The lowest BCUT2D eigenvalue weighted by Gasteiger charge is -2.11. The average molecular weight is 447 g/mol. The van der Waals surface area contributed by atoms with Gasteiger partial charge in [0.25, 0.3) is 5.91 Å². The maximum absolute atomic E-state index is 13.2. The van der Waals surface area contributed by atoms with E-state index in [0.29, 0.717) is 29.0 Å². The molecule has 4 rings (SSSR count). The normalized spacial score (nSPS) is 11.1. The van der Waals surface area contributed by atoms with Gasteiger partial charge in [0.15, 0.2) is 4.77 Å². The highest BCUT2D eigenvalue weighted by Gasteiger charge is 2.20. The molecular weight excluding hydrogens is 420 g/mol. The van der Waals surface area contributed by atoms with Gasteiger partial charge in [-0.3, -0.25) is 9.89 Å². The molecule has 0 fully saturated rings. The lowest BCUT2D eigenvalue weighted by atomic mass is 10.0. The van der Waals surface area contributed by atoms with Gasteiger partial charge in [-0.05, 0) is 50.7 Å². The Morgan fingerprint density at radius 1 is 1.12 bits per heavy atom. The minimum absolute atomic E-state index is 0.171. The fourth-order valence-electron chi connectivity index (χ4n) is 3.72. The van der Waals surface area contributed by atoms with Gasteiger partial charge in [0.1, 0.15) is 11.5 Å². The Balaban J connectivity index is 1.60. The number of benzene rings is 2. The molecule has 2 heterocycles. The molecule has 0 aliphatic rings. The summed E-state index contributed by atoms with van der Waals surface area (Å²) in [6, 6.07) is 17.9. The molecule has 0 spiro atoms. The number of H-pyrrole nitrogens is 1. The van der Waals surface area contributed by atoms with E-state index in [1.165, 1.54) is 0 Å². The van der Waals surface area contributed by atoms with Crippen LogP contribution in [-0.2, 0) is 6.42 Å². The van der Waals surface area contributed by atoms with Crippen molar-refractivity contribution < 1.29 is 4.79 Å². The van der Waals surface area contributed by atoms with E-state index in [-0.39, 0.29) is 11.9 Å². The molecule has 8 heteroatoms. The second kappa shape index (κ2) is 9.32. The maximum Gasteiger partial charge on any atom is 0.255 e. The molecule has 0 radical (unpaired) electrons. The topological polar surface area (TPSA) is 80.5 Å². The molecule has 4 aromatic rings. The van der Waals surface area contributed by atoms with Crippen molar-refractivity contribution in [1.82, 2.24) is 29.9 Å². The molecule has 2 aromatic heterocycles. The SMILES string of the molecule is Cc1ccccc1-c1nn(-c2ccccc2)cc1C(=O)NCCc1n[nH]c(=S)n1C(C)C. The summed E-state index contributed by atoms with van der Waals surface area (Å²) >= 11 is 5.31. The maximum atomic E-state index is 13.2. The van der Waals surface area contributed by atoms with Gasteiger partial charge in [-0.25, -0.2) is 4.68 Å². The number of amides is 1. The quantitative estimate of drug-likeness (QED) is 0.405. The second-order valence-corrected chi connectivity index (χ2v) is 8.29. The van der Waals surface area contributed by atoms with Crippen LogP contribution in [0.15, 0.2) is 60.8 Å². The molecule has 2 N–H and O–H groups in total. The van der Waals surface area contributed by atoms with E-state index in [4.69, 9.17) is 17.3 Å². The molecule has 0 bridgehead atoms. The molecular formula is C24H26N6OS. The van der Waals surface area contributed by atoms with Crippen LogP contribution in [-0.4, -0.2) is 37.0 Å². The molecule has 0 aliphatic heterocycles. The number of aromatic amines is 1. The van der Waals surface area contributed by atoms with Gasteiger partial charge >= 0.3 is 0 Å². The predicted molar refractivity (Wildman–Crippen MR) is 128 cm³/mol. The van der Waals surface area contributed by atoms with Crippen molar-refractivity contribution >= 4 is 18.1 Å². The number of hydrogen-bond donors (Lipinski definition) is 2. The van der Waals surface area contributed by atoms with Gasteiger partial charge in [-0.15, -0.1) is 0 Å². The van der Waals surface area contributed by atoms with Crippen molar-refractivity contribution in [3.8, 4) is 16.9 Å². The third-order valence-electron chi connectivity index (χ3n) is 5.31. The van der Waals surface area contributed by atoms with Gasteiger partial charge < -0.3 is 9.88 Å². The van der Waals surface area contributed by atoms with Gasteiger partial charge in [0.2, 0.25) is 0 Å². The zero-order valence-electron chi connectivity index (χ0n) is 18.4. The molecule has 0 atom stereocenters. The van der Waals surface area contributed by atoms with Crippen molar-refractivity contribution in [2.45, 2.75) is 33.2 Å². The third kappa shape index (κ3) is 4.40. The molecule has 0 aliphatic carbocycles. The minimum atomic E-state index is -0.171. The molecule has 164 valence electrons. The monoisotopic (exact) mass is 446 g/mol. The Hall–Kier alpha value is -3.52. The summed E-state index contributed by atoms with van der Waals surface area (Å²) in [5.41, 5.74) is 4.09. The number of nitrogens with zero attached hydrogens (tertiary/aromatic N) is 4. The summed E-state index contributed by atoms with van der Waals surface area (Å²) in [5.74, 6) is 0.653. The van der Waals surface area contributed by atoms with E-state index in [9.17, 15) is 4.79 Å². The number of carbonyl (C=O) groups excluding carboxylic acids is 1. The van der Waals surface area contributed by atoms with Crippen LogP contribution < -0.4 is 5.32 Å². The van der Waals surface area contributed by atoms with Crippen LogP contribution in [0.25, 0.3) is 16.9 Å². The predicted octanol–water partition coefficient (Wildman–Crippen LogP) is 4.66. The zero-order chi connectivity index (χ0) is 22.7. The van der Waals surface area contributed by atoms with E-state index < -0.39 is 0 Å². The second-order valence-electron chi connectivity index (χ2n) is 7.90. The number of para-hydroxylation sites is 1. The van der Waals surface area contributed by atoms with E-state index in [1.54, 1.807) is 10.9 Å². The van der Waals surface area contributed by atoms with Crippen molar-refractivity contribution in [3.63, 3.8) is 0 Å². The largest absolute Gasteiger partial charge is 0.351 e. The van der Waals surface area contributed by atoms with E-state index in [1.807, 2.05) is 66.1 Å². The molecule has 0 saturated heterocycles. The van der Waals surface area contributed by atoms with Gasteiger partial charge in [0.05, 0.1) is 11.3 Å². The number of aryl methyl sites for hydroxylation is 1. The van der Waals surface area contributed by atoms with Crippen molar-refractivity contribution in [2.24, 2.45) is 0 Å². The molecule has 32 heavy (non-hydrogen) atoms. The van der Waals surface area contributed by atoms with Crippen molar-refractivity contribution in [2.75, 3.05) is 6.54 Å². The number of carbonyl (C=O) groups is 1. The first-order valence-electron chi connectivity index (χ1n) is 10.6. The van der Waals surface area contributed by atoms with Gasteiger partial charge in [0, 0.05) is 30.8 Å². The van der Waals surface area contributed by atoms with Gasteiger partial charge in [-0.2, -0.15) is 10.2 Å². The first-order chi connectivity index (χ1) is 15.5. The summed E-state index contributed by atoms with van der Waals surface area (Å²) in [6.45, 7) is 6.57. The Kier molecular flexibility index (Phi) is 6.32. The van der Waals surface area contributed by atoms with Crippen LogP contribution in [0.3, 0.4) is 0 Å². The molecule has 0 saturated carbocycles. The number of nitrogens with one attached hydrogen (secondary N) is 2. The fraction of sp³-hybridized carbons (Fsp3) is 0.250. The van der Waals surface area contributed by atoms with Crippen molar-refractivity contribution in [1.29, 1.82) is 0 Å². The molecule has 0 unspecified atom stereocenters. The van der Waals surface area contributed by atoms with Crippen LogP contribution in [0.4, 0.5) is 0 Å². The lowest BCUT2D eigenvalue weighted by Crippen LogP contribution is -2.27.